The fourth-order valence-electron chi connectivity index (χ4n) is 3.16. The Morgan fingerprint density at radius 2 is 1.96 bits per heavy atom. The fraction of sp³-hybridized carbons (Fsp3) is 0.333. The van der Waals surface area contributed by atoms with E-state index in [2.05, 4.69) is 12.2 Å². The largest absolute Gasteiger partial charge is 0.399 e. The minimum absolute atomic E-state index is 0.0222. The van der Waals surface area contributed by atoms with Gasteiger partial charge in [0.15, 0.2) is 5.78 Å². The molecular formula is C21H24N2O2S. The second-order valence-electron chi connectivity index (χ2n) is 6.58. The number of thioether (sulfide) groups is 1. The van der Waals surface area contributed by atoms with E-state index in [1.54, 1.807) is 11.8 Å². The molecule has 1 unspecified atom stereocenters. The Morgan fingerprint density at radius 1 is 1.19 bits per heavy atom. The van der Waals surface area contributed by atoms with Gasteiger partial charge in [-0.15, -0.1) is 11.8 Å². The summed E-state index contributed by atoms with van der Waals surface area (Å²) >= 11 is 1.55. The summed E-state index contributed by atoms with van der Waals surface area (Å²) in [7, 11) is 0. The number of hydrogen-bond acceptors (Lipinski definition) is 4. The number of nitrogens with two attached hydrogens (primary N) is 1. The molecule has 0 aromatic heterocycles. The molecule has 4 nitrogen and oxygen atoms in total. The van der Waals surface area contributed by atoms with Crippen LogP contribution in [0.3, 0.4) is 0 Å². The van der Waals surface area contributed by atoms with Crippen molar-refractivity contribution in [2.45, 2.75) is 49.2 Å². The Kier molecular flexibility index (Phi) is 5.99. The molecule has 1 aliphatic carbocycles. The summed E-state index contributed by atoms with van der Waals surface area (Å²) < 4.78 is 0. The number of ketones is 1. The van der Waals surface area contributed by atoms with E-state index in [-0.39, 0.29) is 16.9 Å². The van der Waals surface area contributed by atoms with E-state index in [4.69, 9.17) is 5.73 Å². The number of nitrogen functional groups attached to an aromatic ring is 1. The Balaban J connectivity index is 1.70. The van der Waals surface area contributed by atoms with Gasteiger partial charge in [0, 0.05) is 28.3 Å². The second-order valence-corrected chi connectivity index (χ2v) is 7.86. The highest BCUT2D eigenvalue weighted by molar-refractivity contribution is 8.00. The smallest absolute Gasteiger partial charge is 0.224 e. The minimum atomic E-state index is -0.160. The summed E-state index contributed by atoms with van der Waals surface area (Å²) in [5.41, 5.74) is 8.89. The number of amides is 1. The SMILES string of the molecule is CCCCCC(=O)Nc1cccc2c1CC(Sc1ccc(N)cc1)C2=O. The monoisotopic (exact) mass is 368 g/mol. The van der Waals surface area contributed by atoms with Crippen molar-refractivity contribution in [1.29, 1.82) is 0 Å². The van der Waals surface area contributed by atoms with Gasteiger partial charge in [-0.3, -0.25) is 9.59 Å². The average molecular weight is 369 g/mol. The highest BCUT2D eigenvalue weighted by Crippen LogP contribution is 2.37. The Labute approximate surface area is 158 Å². The van der Waals surface area contributed by atoms with E-state index < -0.39 is 0 Å². The van der Waals surface area contributed by atoms with Crippen molar-refractivity contribution in [2.24, 2.45) is 0 Å². The van der Waals surface area contributed by atoms with Gasteiger partial charge in [0.2, 0.25) is 5.91 Å². The number of unbranched alkanes of at least 4 members (excludes halogenated alkanes) is 2. The van der Waals surface area contributed by atoms with Crippen LogP contribution in [0.5, 0.6) is 0 Å². The normalized spacial score (nSPS) is 15.7. The first-order valence-electron chi connectivity index (χ1n) is 9.06. The molecule has 3 rings (SSSR count). The number of hydrogen-bond donors (Lipinski definition) is 2. The molecule has 2 aromatic rings. The van der Waals surface area contributed by atoms with Gasteiger partial charge in [-0.25, -0.2) is 0 Å². The zero-order valence-electron chi connectivity index (χ0n) is 15.0. The number of anilines is 2. The van der Waals surface area contributed by atoms with Gasteiger partial charge in [-0.1, -0.05) is 31.9 Å². The topological polar surface area (TPSA) is 72.2 Å². The summed E-state index contributed by atoms with van der Waals surface area (Å²) in [5.74, 6) is 0.151. The summed E-state index contributed by atoms with van der Waals surface area (Å²) in [6, 6.07) is 13.1. The van der Waals surface area contributed by atoms with Gasteiger partial charge in [-0.05, 0) is 48.7 Å². The quantitative estimate of drug-likeness (QED) is 0.549. The van der Waals surface area contributed by atoms with E-state index in [0.29, 0.717) is 18.5 Å². The van der Waals surface area contributed by atoms with Crippen LogP contribution in [0.15, 0.2) is 47.4 Å². The second kappa shape index (κ2) is 8.41. The first-order chi connectivity index (χ1) is 12.6. The van der Waals surface area contributed by atoms with Crippen molar-refractivity contribution in [3.8, 4) is 0 Å². The first-order valence-corrected chi connectivity index (χ1v) is 9.94. The molecule has 0 saturated carbocycles. The maximum absolute atomic E-state index is 12.8. The average Bonchev–Trinajstić information content (AvgIpc) is 2.94. The van der Waals surface area contributed by atoms with Crippen molar-refractivity contribution < 1.29 is 9.59 Å². The Bertz CT molecular complexity index is 802. The van der Waals surface area contributed by atoms with Crippen molar-refractivity contribution >= 4 is 34.8 Å². The number of carbonyl (C=O) groups is 2. The van der Waals surface area contributed by atoms with E-state index in [9.17, 15) is 9.59 Å². The third-order valence-corrected chi connectivity index (χ3v) is 5.77. The van der Waals surface area contributed by atoms with Crippen LogP contribution < -0.4 is 11.1 Å². The number of nitrogens with one attached hydrogen (secondary N) is 1. The standard InChI is InChI=1S/C21H24N2O2S/c1-2-3-4-8-20(24)23-18-7-5-6-16-17(18)13-19(21(16)25)26-15-11-9-14(22)10-12-15/h5-7,9-12,19H,2-4,8,13,22H2,1H3,(H,23,24). The molecule has 0 fully saturated rings. The number of benzene rings is 2. The number of carbonyl (C=O) groups excluding carboxylic acids is 2. The molecule has 136 valence electrons. The Morgan fingerprint density at radius 3 is 2.69 bits per heavy atom. The van der Waals surface area contributed by atoms with Gasteiger partial charge in [0.05, 0.1) is 5.25 Å². The lowest BCUT2D eigenvalue weighted by Crippen LogP contribution is -2.13. The van der Waals surface area contributed by atoms with Crippen LogP contribution in [0.25, 0.3) is 0 Å². The molecular weight excluding hydrogens is 344 g/mol. The van der Waals surface area contributed by atoms with Crippen LogP contribution in [-0.2, 0) is 11.2 Å². The van der Waals surface area contributed by atoms with E-state index >= 15 is 0 Å². The Hall–Kier alpha value is -2.27. The van der Waals surface area contributed by atoms with Crippen LogP contribution in [0.2, 0.25) is 0 Å². The summed E-state index contributed by atoms with van der Waals surface area (Å²) in [4.78, 5) is 25.9. The third-order valence-electron chi connectivity index (χ3n) is 4.56. The maximum atomic E-state index is 12.8. The van der Waals surface area contributed by atoms with Crippen LogP contribution in [0.1, 0.15) is 48.5 Å². The molecule has 2 aromatic carbocycles. The fourth-order valence-corrected chi connectivity index (χ4v) is 4.27. The lowest BCUT2D eigenvalue weighted by atomic mass is 10.1. The van der Waals surface area contributed by atoms with Crippen molar-refractivity contribution in [2.75, 3.05) is 11.1 Å². The molecule has 1 atom stereocenters. The summed E-state index contributed by atoms with van der Waals surface area (Å²) in [5, 5.41) is 2.84. The lowest BCUT2D eigenvalue weighted by Gasteiger charge is -2.10. The molecule has 0 aliphatic heterocycles. The summed E-state index contributed by atoms with van der Waals surface area (Å²) in [6.45, 7) is 2.12. The van der Waals surface area contributed by atoms with Crippen molar-refractivity contribution in [1.82, 2.24) is 0 Å². The van der Waals surface area contributed by atoms with Gasteiger partial charge < -0.3 is 11.1 Å². The molecule has 0 heterocycles. The van der Waals surface area contributed by atoms with Crippen molar-refractivity contribution in [3.05, 3.63) is 53.6 Å². The third kappa shape index (κ3) is 4.28. The van der Waals surface area contributed by atoms with Gasteiger partial charge in [0.25, 0.3) is 0 Å². The van der Waals surface area contributed by atoms with Gasteiger partial charge >= 0.3 is 0 Å². The zero-order valence-corrected chi connectivity index (χ0v) is 15.8. The number of Topliss-reactive ketones (excluding diaryl/α,β-unsaturated/α-hetero) is 1. The minimum Gasteiger partial charge on any atom is -0.399 e. The van der Waals surface area contributed by atoms with Crippen LogP contribution in [0.4, 0.5) is 11.4 Å². The predicted octanol–water partition coefficient (Wildman–Crippen LogP) is 4.69. The number of rotatable bonds is 7. The molecule has 1 aliphatic rings. The lowest BCUT2D eigenvalue weighted by molar-refractivity contribution is -0.116. The van der Waals surface area contributed by atoms with E-state index in [0.717, 1.165) is 41.0 Å². The van der Waals surface area contributed by atoms with E-state index in [1.807, 2.05) is 42.5 Å². The molecule has 0 radical (unpaired) electrons. The molecule has 5 heteroatoms. The summed E-state index contributed by atoms with van der Waals surface area (Å²) in [6.07, 6.45) is 4.20. The first kappa shape index (κ1) is 18.5. The molecule has 3 N–H and O–H groups in total. The highest BCUT2D eigenvalue weighted by Gasteiger charge is 2.33. The molecule has 1 amide bonds. The van der Waals surface area contributed by atoms with Gasteiger partial charge in [-0.2, -0.15) is 0 Å². The van der Waals surface area contributed by atoms with Crippen LogP contribution in [-0.4, -0.2) is 16.9 Å². The molecule has 0 bridgehead atoms. The predicted molar refractivity (Wildman–Crippen MR) is 108 cm³/mol. The molecule has 0 saturated heterocycles. The highest BCUT2D eigenvalue weighted by atomic mass is 32.2. The number of fused-ring (bicyclic) bond motifs is 1. The van der Waals surface area contributed by atoms with Gasteiger partial charge in [0.1, 0.15) is 0 Å². The maximum Gasteiger partial charge on any atom is 0.224 e. The molecule has 26 heavy (non-hydrogen) atoms. The zero-order chi connectivity index (χ0) is 18.5. The van der Waals surface area contributed by atoms with E-state index in [1.165, 1.54) is 0 Å². The molecule has 0 spiro atoms. The van der Waals surface area contributed by atoms with Crippen LogP contribution in [0, 0.1) is 0 Å². The van der Waals surface area contributed by atoms with Crippen LogP contribution >= 0.6 is 11.8 Å². The van der Waals surface area contributed by atoms with Crippen molar-refractivity contribution in [3.63, 3.8) is 0 Å².